The van der Waals surface area contributed by atoms with Crippen LogP contribution in [0.15, 0.2) is 24.3 Å². The number of amides is 1. The van der Waals surface area contributed by atoms with Crippen LogP contribution in [0.2, 0.25) is 0 Å². The summed E-state index contributed by atoms with van der Waals surface area (Å²) >= 11 is 5.37. The van der Waals surface area contributed by atoms with E-state index >= 15 is 0 Å². The van der Waals surface area contributed by atoms with Gasteiger partial charge in [0.25, 0.3) is 5.91 Å². The second kappa shape index (κ2) is 4.72. The summed E-state index contributed by atoms with van der Waals surface area (Å²) in [6.07, 6.45) is 0. The van der Waals surface area contributed by atoms with E-state index in [0.29, 0.717) is 11.3 Å². The number of hydrogen-bond acceptors (Lipinski definition) is 2. The molecule has 3 nitrogen and oxygen atoms in total. The third-order valence-corrected chi connectivity index (χ3v) is 1.71. The smallest absolute Gasteiger partial charge is 0.255 e. The molecule has 1 N–H and O–H groups in total. The molecule has 0 aliphatic carbocycles. The zero-order valence-electron chi connectivity index (χ0n) is 7.21. The first kappa shape index (κ1) is 9.86. The second-order valence-electron chi connectivity index (χ2n) is 2.34. The molecule has 0 unspecified atom stereocenters. The number of hydrogen-bond donors (Lipinski definition) is 1. The largest absolute Gasteiger partial charge is 0.496 e. The van der Waals surface area contributed by atoms with Crippen LogP contribution in [0.3, 0.4) is 0 Å². The van der Waals surface area contributed by atoms with E-state index in [2.05, 4.69) is 5.32 Å². The molecule has 0 bridgehead atoms. The molecular formula is C9H10ClNO2. The lowest BCUT2D eigenvalue weighted by molar-refractivity contribution is 0.0957. The molecule has 0 heterocycles. The van der Waals surface area contributed by atoms with Gasteiger partial charge in [0.15, 0.2) is 0 Å². The van der Waals surface area contributed by atoms with E-state index in [1.54, 1.807) is 24.3 Å². The molecule has 70 valence electrons. The maximum atomic E-state index is 11.3. The number of para-hydroxylation sites is 1. The summed E-state index contributed by atoms with van der Waals surface area (Å²) in [5.41, 5.74) is 0.491. The van der Waals surface area contributed by atoms with Crippen molar-refractivity contribution >= 4 is 17.5 Å². The molecule has 0 atom stereocenters. The maximum absolute atomic E-state index is 11.3. The number of carbonyl (C=O) groups is 1. The normalized spacial score (nSPS) is 9.38. The monoisotopic (exact) mass is 199 g/mol. The molecule has 0 spiro atoms. The molecular weight excluding hydrogens is 190 g/mol. The molecule has 0 saturated carbocycles. The molecule has 1 aromatic rings. The average Bonchev–Trinajstić information content (AvgIpc) is 2.18. The van der Waals surface area contributed by atoms with Crippen LogP contribution in [-0.2, 0) is 0 Å². The molecule has 1 amide bonds. The van der Waals surface area contributed by atoms with Crippen LogP contribution in [0.5, 0.6) is 5.75 Å². The Bertz CT molecular complexity index is 301. The average molecular weight is 200 g/mol. The predicted octanol–water partition coefficient (Wildman–Crippen LogP) is 1.62. The van der Waals surface area contributed by atoms with Crippen LogP contribution in [0, 0.1) is 0 Å². The van der Waals surface area contributed by atoms with Crippen molar-refractivity contribution in [1.82, 2.24) is 5.32 Å². The molecule has 1 aromatic carbocycles. The molecule has 4 heteroatoms. The van der Waals surface area contributed by atoms with Gasteiger partial charge in [-0.1, -0.05) is 12.1 Å². The van der Waals surface area contributed by atoms with Crippen molar-refractivity contribution in [2.45, 2.75) is 0 Å². The van der Waals surface area contributed by atoms with Gasteiger partial charge in [0, 0.05) is 0 Å². The molecule has 0 saturated heterocycles. The highest BCUT2D eigenvalue weighted by Gasteiger charge is 2.09. The van der Waals surface area contributed by atoms with Gasteiger partial charge in [0.05, 0.1) is 18.7 Å². The Morgan fingerprint density at radius 3 is 2.85 bits per heavy atom. The van der Waals surface area contributed by atoms with E-state index in [1.165, 1.54) is 7.11 Å². The first-order chi connectivity index (χ1) is 6.29. The van der Waals surface area contributed by atoms with E-state index in [9.17, 15) is 4.79 Å². The quantitative estimate of drug-likeness (QED) is 0.594. The maximum Gasteiger partial charge on any atom is 0.255 e. The van der Waals surface area contributed by atoms with Gasteiger partial charge in [-0.2, -0.15) is 0 Å². The predicted molar refractivity (Wildman–Crippen MR) is 51.2 cm³/mol. The summed E-state index contributed by atoms with van der Waals surface area (Å²) in [7, 11) is 1.52. The lowest BCUT2D eigenvalue weighted by atomic mass is 10.2. The van der Waals surface area contributed by atoms with Gasteiger partial charge < -0.3 is 10.1 Å². The molecule has 1 rings (SSSR count). The Morgan fingerprint density at radius 2 is 2.23 bits per heavy atom. The van der Waals surface area contributed by atoms with Crippen molar-refractivity contribution in [3.05, 3.63) is 29.8 Å². The Kier molecular flexibility index (Phi) is 3.58. The summed E-state index contributed by atoms with van der Waals surface area (Å²) in [5.74, 6) is 0.317. The summed E-state index contributed by atoms with van der Waals surface area (Å²) < 4.78 is 5.01. The summed E-state index contributed by atoms with van der Waals surface area (Å²) in [6.45, 7) is 0. The van der Waals surface area contributed by atoms with Crippen LogP contribution < -0.4 is 10.1 Å². The molecule has 0 fully saturated rings. The van der Waals surface area contributed by atoms with Gasteiger partial charge in [0.2, 0.25) is 0 Å². The highest BCUT2D eigenvalue weighted by molar-refractivity contribution is 6.19. The van der Waals surface area contributed by atoms with Gasteiger partial charge in [0.1, 0.15) is 5.75 Å². The number of nitrogens with one attached hydrogen (secondary N) is 1. The fourth-order valence-electron chi connectivity index (χ4n) is 0.988. The lowest BCUT2D eigenvalue weighted by Crippen LogP contribution is -2.22. The van der Waals surface area contributed by atoms with E-state index in [-0.39, 0.29) is 11.9 Å². The van der Waals surface area contributed by atoms with Crippen LogP contribution in [0.25, 0.3) is 0 Å². The van der Waals surface area contributed by atoms with E-state index in [1.807, 2.05) is 0 Å². The van der Waals surface area contributed by atoms with Gasteiger partial charge in [-0.05, 0) is 12.1 Å². The fourth-order valence-corrected chi connectivity index (χ4v) is 1.11. The Hall–Kier alpha value is -1.22. The number of carbonyl (C=O) groups excluding carboxylic acids is 1. The summed E-state index contributed by atoms with van der Waals surface area (Å²) in [6, 6.07) is 7.07. The third-order valence-electron chi connectivity index (χ3n) is 1.58. The number of rotatable bonds is 3. The molecule has 0 aromatic heterocycles. The standard InChI is InChI=1S/C9H10ClNO2/c1-13-8-5-3-2-4-7(8)9(12)11-6-10/h2-5H,6H2,1H3,(H,11,12). The van der Waals surface area contributed by atoms with Crippen molar-refractivity contribution in [1.29, 1.82) is 0 Å². The minimum atomic E-state index is -0.229. The van der Waals surface area contributed by atoms with Crippen LogP contribution in [-0.4, -0.2) is 19.0 Å². The van der Waals surface area contributed by atoms with Crippen molar-refractivity contribution in [2.24, 2.45) is 0 Å². The van der Waals surface area contributed by atoms with Crippen molar-refractivity contribution in [3.63, 3.8) is 0 Å². The number of ether oxygens (including phenoxy) is 1. The summed E-state index contributed by atoms with van der Waals surface area (Å²) in [4.78, 5) is 11.3. The highest BCUT2D eigenvalue weighted by Crippen LogP contribution is 2.16. The first-order valence-electron chi connectivity index (χ1n) is 3.76. The zero-order chi connectivity index (χ0) is 9.68. The minimum absolute atomic E-state index is 0.0941. The number of benzene rings is 1. The number of alkyl halides is 1. The molecule has 0 aliphatic heterocycles. The zero-order valence-corrected chi connectivity index (χ0v) is 7.97. The first-order valence-corrected chi connectivity index (χ1v) is 4.30. The van der Waals surface area contributed by atoms with Crippen molar-refractivity contribution < 1.29 is 9.53 Å². The second-order valence-corrected chi connectivity index (χ2v) is 2.61. The molecule has 0 radical (unpaired) electrons. The van der Waals surface area contributed by atoms with Crippen LogP contribution in [0.4, 0.5) is 0 Å². The third kappa shape index (κ3) is 2.36. The van der Waals surface area contributed by atoms with Gasteiger partial charge in [-0.15, -0.1) is 11.6 Å². The van der Waals surface area contributed by atoms with E-state index < -0.39 is 0 Å². The molecule has 13 heavy (non-hydrogen) atoms. The topological polar surface area (TPSA) is 38.3 Å². The van der Waals surface area contributed by atoms with Crippen LogP contribution >= 0.6 is 11.6 Å². The highest BCUT2D eigenvalue weighted by atomic mass is 35.5. The van der Waals surface area contributed by atoms with Gasteiger partial charge in [-0.25, -0.2) is 0 Å². The number of methoxy groups -OCH3 is 1. The summed E-state index contributed by atoms with van der Waals surface area (Å²) in [5, 5.41) is 2.48. The Morgan fingerprint density at radius 1 is 1.54 bits per heavy atom. The van der Waals surface area contributed by atoms with Crippen molar-refractivity contribution in [3.8, 4) is 5.75 Å². The minimum Gasteiger partial charge on any atom is -0.496 e. The molecule has 0 aliphatic rings. The lowest BCUT2D eigenvalue weighted by Gasteiger charge is -2.06. The van der Waals surface area contributed by atoms with E-state index in [4.69, 9.17) is 16.3 Å². The van der Waals surface area contributed by atoms with Gasteiger partial charge in [-0.3, -0.25) is 4.79 Å². The number of halogens is 1. The van der Waals surface area contributed by atoms with Gasteiger partial charge >= 0.3 is 0 Å². The SMILES string of the molecule is COc1ccccc1C(=O)NCCl. The van der Waals surface area contributed by atoms with E-state index in [0.717, 1.165) is 0 Å². The Balaban J connectivity index is 2.92. The van der Waals surface area contributed by atoms with Crippen LogP contribution in [0.1, 0.15) is 10.4 Å². The van der Waals surface area contributed by atoms with Crippen molar-refractivity contribution in [2.75, 3.05) is 13.1 Å². The fraction of sp³-hybridized carbons (Fsp3) is 0.222. The Labute approximate surface area is 81.7 Å².